The summed E-state index contributed by atoms with van der Waals surface area (Å²) in [7, 11) is 0. The Hall–Kier alpha value is -1.24. The topological polar surface area (TPSA) is 32.3 Å². The van der Waals surface area contributed by atoms with E-state index in [9.17, 15) is 9.18 Å². The monoisotopic (exact) mass is 524 g/mol. The number of halogens is 3. The van der Waals surface area contributed by atoms with Gasteiger partial charge in [-0.25, -0.2) is 4.39 Å². The maximum Gasteiger partial charge on any atom is 0.223 e. The van der Waals surface area contributed by atoms with Gasteiger partial charge in [-0.2, -0.15) is 0 Å². The van der Waals surface area contributed by atoms with Crippen LogP contribution in [0, 0.1) is 11.7 Å². The molecule has 1 aliphatic rings. The van der Waals surface area contributed by atoms with Gasteiger partial charge in [-0.3, -0.25) is 4.79 Å². The van der Waals surface area contributed by atoms with Crippen molar-refractivity contribution in [3.63, 3.8) is 0 Å². The Morgan fingerprint density at radius 1 is 1.14 bits per heavy atom. The minimum atomic E-state index is -0.276. The van der Waals surface area contributed by atoms with E-state index >= 15 is 0 Å². The molecule has 3 nitrogen and oxygen atoms in total. The largest absolute Gasteiger partial charge is 0.352 e. The lowest BCUT2D eigenvalue weighted by Gasteiger charge is -2.45. The molecule has 1 N–H and O–H groups in total. The first-order chi connectivity index (χ1) is 13.8. The molecule has 0 saturated carbocycles. The van der Waals surface area contributed by atoms with Crippen molar-refractivity contribution in [1.29, 1.82) is 0 Å². The minimum absolute atomic E-state index is 0.0374. The Morgan fingerprint density at radius 2 is 1.72 bits per heavy atom. The number of carbonyl (C=O) groups excluding carboxylic acids is 1. The van der Waals surface area contributed by atoms with Crippen LogP contribution in [-0.4, -0.2) is 30.4 Å². The van der Waals surface area contributed by atoms with Crippen LogP contribution in [0.15, 0.2) is 51.4 Å². The summed E-state index contributed by atoms with van der Waals surface area (Å²) in [4.78, 5) is 15.6. The Morgan fingerprint density at radius 3 is 2.28 bits per heavy atom. The highest BCUT2D eigenvalue weighted by Gasteiger charge is 2.43. The first-order valence-corrected chi connectivity index (χ1v) is 11.6. The molecule has 2 aromatic rings. The minimum Gasteiger partial charge on any atom is -0.352 e. The lowest BCUT2D eigenvalue weighted by Crippen LogP contribution is -2.50. The third-order valence-electron chi connectivity index (χ3n) is 6.23. The summed E-state index contributed by atoms with van der Waals surface area (Å²) in [6, 6.07) is 12.7. The van der Waals surface area contributed by atoms with E-state index in [2.05, 4.69) is 49.0 Å². The normalized spacial score (nSPS) is 17.7. The Bertz CT molecular complexity index is 828. The lowest BCUT2D eigenvalue weighted by molar-refractivity contribution is -0.127. The van der Waals surface area contributed by atoms with Crippen LogP contribution >= 0.6 is 31.9 Å². The van der Waals surface area contributed by atoms with Crippen LogP contribution in [0.4, 0.5) is 4.39 Å². The molecule has 1 fully saturated rings. The zero-order valence-corrected chi connectivity index (χ0v) is 20.0. The van der Waals surface area contributed by atoms with Crippen molar-refractivity contribution in [3.8, 4) is 0 Å². The average molecular weight is 526 g/mol. The summed E-state index contributed by atoms with van der Waals surface area (Å²) in [6.07, 6.45) is 1.78. The van der Waals surface area contributed by atoms with Crippen molar-refractivity contribution < 1.29 is 9.18 Å². The molecular formula is C23H27Br2FN2O. The summed E-state index contributed by atoms with van der Waals surface area (Å²) < 4.78 is 15.5. The molecule has 1 amide bonds. The molecule has 1 heterocycles. The zero-order valence-electron chi connectivity index (χ0n) is 16.9. The number of likely N-dealkylation sites (tertiary alicyclic amines) is 1. The molecule has 1 unspecified atom stereocenters. The molecule has 29 heavy (non-hydrogen) atoms. The fourth-order valence-electron chi connectivity index (χ4n) is 4.33. The summed E-state index contributed by atoms with van der Waals surface area (Å²) in [5.41, 5.74) is 1.81. The molecule has 1 saturated heterocycles. The van der Waals surface area contributed by atoms with E-state index in [0.29, 0.717) is 6.54 Å². The lowest BCUT2D eigenvalue weighted by atomic mass is 9.64. The van der Waals surface area contributed by atoms with Gasteiger partial charge >= 0.3 is 0 Å². The maximum atomic E-state index is 13.5. The molecule has 156 valence electrons. The Balaban J connectivity index is 1.79. The average Bonchev–Trinajstić information content (AvgIpc) is 2.71. The predicted octanol–water partition coefficient (Wildman–Crippen LogP) is 5.66. The Labute approximate surface area is 189 Å². The molecule has 0 aromatic heterocycles. The van der Waals surface area contributed by atoms with Gasteiger partial charge in [-0.05, 0) is 73.9 Å². The highest BCUT2D eigenvalue weighted by molar-refractivity contribution is 9.11. The fourth-order valence-corrected chi connectivity index (χ4v) is 5.72. The van der Waals surface area contributed by atoms with Crippen LogP contribution < -0.4 is 5.32 Å². The zero-order chi connectivity index (χ0) is 21.0. The number of rotatable bonds is 6. The van der Waals surface area contributed by atoms with Crippen LogP contribution in [0.3, 0.4) is 0 Å². The van der Waals surface area contributed by atoms with E-state index in [1.807, 2.05) is 37.3 Å². The molecule has 1 aliphatic heterocycles. The van der Waals surface area contributed by atoms with E-state index in [-0.39, 0.29) is 23.1 Å². The van der Waals surface area contributed by atoms with Crippen molar-refractivity contribution >= 4 is 37.8 Å². The molecule has 1 atom stereocenters. The second kappa shape index (κ2) is 9.71. The van der Waals surface area contributed by atoms with Gasteiger partial charge in [0.2, 0.25) is 5.91 Å². The summed E-state index contributed by atoms with van der Waals surface area (Å²) in [5, 5.41) is 3.11. The third-order valence-corrected chi connectivity index (χ3v) is 7.14. The number of nitrogens with one attached hydrogen (secondary N) is 1. The van der Waals surface area contributed by atoms with Crippen molar-refractivity contribution in [1.82, 2.24) is 10.2 Å². The quantitative estimate of drug-likeness (QED) is 0.528. The fraction of sp³-hybridized carbons (Fsp3) is 0.435. The molecule has 6 heteroatoms. The number of hydrogen-bond acceptors (Lipinski definition) is 2. The van der Waals surface area contributed by atoms with Crippen LogP contribution in [-0.2, 0) is 16.8 Å². The van der Waals surface area contributed by atoms with Gasteiger partial charge in [-0.1, -0.05) is 57.8 Å². The molecule has 0 bridgehead atoms. The first-order valence-electron chi connectivity index (χ1n) is 10.0. The van der Waals surface area contributed by atoms with Gasteiger partial charge in [-0.15, -0.1) is 0 Å². The van der Waals surface area contributed by atoms with Crippen LogP contribution in [0.25, 0.3) is 0 Å². The highest BCUT2D eigenvalue weighted by Crippen LogP contribution is 2.42. The smallest absolute Gasteiger partial charge is 0.223 e. The van der Waals surface area contributed by atoms with E-state index < -0.39 is 0 Å². The van der Waals surface area contributed by atoms with Gasteiger partial charge in [0.15, 0.2) is 0 Å². The van der Waals surface area contributed by atoms with Gasteiger partial charge in [0.1, 0.15) is 5.82 Å². The van der Waals surface area contributed by atoms with Gasteiger partial charge < -0.3 is 10.2 Å². The number of carbonyl (C=O) groups is 1. The van der Waals surface area contributed by atoms with E-state index in [4.69, 9.17) is 0 Å². The second-order valence-electron chi connectivity index (χ2n) is 7.81. The number of benzene rings is 2. The molecule has 2 aromatic carbocycles. The van der Waals surface area contributed by atoms with E-state index in [1.54, 1.807) is 0 Å². The SMILES string of the molecule is CCN1CCC(c2ccc(F)cc2)(C(C)C(=O)NCc2cc(Br)cc(Br)c2)CC1. The number of nitrogens with zero attached hydrogens (tertiary/aromatic N) is 1. The first kappa shape index (κ1) is 22.4. The predicted molar refractivity (Wildman–Crippen MR) is 122 cm³/mol. The molecular weight excluding hydrogens is 499 g/mol. The second-order valence-corrected chi connectivity index (χ2v) is 9.65. The van der Waals surface area contributed by atoms with Crippen molar-refractivity contribution in [2.45, 2.75) is 38.6 Å². The van der Waals surface area contributed by atoms with Crippen molar-refractivity contribution in [2.24, 2.45) is 5.92 Å². The number of hydrogen-bond donors (Lipinski definition) is 1. The van der Waals surface area contributed by atoms with Crippen molar-refractivity contribution in [3.05, 3.63) is 68.4 Å². The highest BCUT2D eigenvalue weighted by atomic mass is 79.9. The summed E-state index contributed by atoms with van der Waals surface area (Å²) >= 11 is 6.98. The standard InChI is InChI=1S/C23H27Br2FN2O/c1-3-28-10-8-23(9-11-28,18-4-6-21(26)7-5-18)16(2)22(29)27-15-17-12-19(24)14-20(25)13-17/h4-7,12-14,16H,3,8-11,15H2,1-2H3,(H,27,29). The molecule has 0 radical (unpaired) electrons. The number of amides is 1. The summed E-state index contributed by atoms with van der Waals surface area (Å²) in [6.45, 7) is 7.56. The van der Waals surface area contributed by atoms with Crippen molar-refractivity contribution in [2.75, 3.05) is 19.6 Å². The van der Waals surface area contributed by atoms with Crippen LogP contribution in [0.5, 0.6) is 0 Å². The molecule has 3 rings (SSSR count). The van der Waals surface area contributed by atoms with E-state index in [1.165, 1.54) is 12.1 Å². The summed E-state index contributed by atoms with van der Waals surface area (Å²) in [5.74, 6) is -0.412. The van der Waals surface area contributed by atoms with Gasteiger partial charge in [0.25, 0.3) is 0 Å². The third kappa shape index (κ3) is 5.28. The Kier molecular flexibility index (Phi) is 7.52. The van der Waals surface area contributed by atoms with E-state index in [0.717, 1.165) is 52.5 Å². The molecule has 0 aliphatic carbocycles. The van der Waals surface area contributed by atoms with Gasteiger partial charge in [0, 0.05) is 26.8 Å². The molecule has 0 spiro atoms. The number of piperidine rings is 1. The maximum absolute atomic E-state index is 13.5. The van der Waals surface area contributed by atoms with Gasteiger partial charge in [0.05, 0.1) is 0 Å². The van der Waals surface area contributed by atoms with Crippen LogP contribution in [0.2, 0.25) is 0 Å². The van der Waals surface area contributed by atoms with Crippen LogP contribution in [0.1, 0.15) is 37.8 Å².